The zero-order valence-electron chi connectivity index (χ0n) is 15.3. The first-order valence-corrected chi connectivity index (χ1v) is 9.88. The zero-order valence-corrected chi connectivity index (χ0v) is 15.3. The molecule has 0 aromatic rings. The molecule has 3 nitrogen and oxygen atoms in total. The van der Waals surface area contributed by atoms with Crippen molar-refractivity contribution in [2.24, 2.45) is 17.8 Å². The molecule has 2 aliphatic heterocycles. The Morgan fingerprint density at radius 3 is 2.62 bits per heavy atom. The molecule has 3 heteroatoms. The Balaban J connectivity index is 1.98. The van der Waals surface area contributed by atoms with Gasteiger partial charge in [-0.1, -0.05) is 57.4 Å². The molecule has 24 heavy (non-hydrogen) atoms. The van der Waals surface area contributed by atoms with Gasteiger partial charge in [0.1, 0.15) is 0 Å². The van der Waals surface area contributed by atoms with E-state index in [1.807, 2.05) is 6.08 Å². The third-order valence-electron chi connectivity index (χ3n) is 5.55. The van der Waals surface area contributed by atoms with Crippen LogP contribution >= 0.6 is 0 Å². The Morgan fingerprint density at radius 1 is 1.12 bits per heavy atom. The summed E-state index contributed by atoms with van der Waals surface area (Å²) in [6.45, 7) is 4.31. The first-order chi connectivity index (χ1) is 11.7. The number of carboxylic acids is 1. The standard InChI is InChI=1S/C21H34O3/c1-3-5-7-8-9-11-12-16-18-14-15-19(24-18)20(16)17(21(22)23)13-10-6-4-2/h6,10-12,16-20H,3-5,7-9,13-15H2,1-2H3,(H,22,23)/t16-,17+,18+,19-,20?/m1/s1. The van der Waals surface area contributed by atoms with E-state index in [4.69, 9.17) is 4.74 Å². The number of allylic oxidation sites excluding steroid dienone is 3. The Kier molecular flexibility index (Phi) is 8.04. The summed E-state index contributed by atoms with van der Waals surface area (Å²) >= 11 is 0. The van der Waals surface area contributed by atoms with Crippen molar-refractivity contribution in [1.29, 1.82) is 0 Å². The molecule has 0 aromatic heterocycles. The topological polar surface area (TPSA) is 46.5 Å². The second kappa shape index (κ2) is 10.0. The summed E-state index contributed by atoms with van der Waals surface area (Å²) in [6.07, 6.45) is 18.9. The van der Waals surface area contributed by atoms with E-state index in [2.05, 4.69) is 32.1 Å². The first-order valence-electron chi connectivity index (χ1n) is 9.88. The van der Waals surface area contributed by atoms with Gasteiger partial charge in [-0.3, -0.25) is 4.79 Å². The lowest BCUT2D eigenvalue weighted by molar-refractivity contribution is -0.144. The second-order valence-corrected chi connectivity index (χ2v) is 7.28. The Morgan fingerprint density at radius 2 is 1.92 bits per heavy atom. The summed E-state index contributed by atoms with van der Waals surface area (Å²) in [6, 6.07) is 0. The largest absolute Gasteiger partial charge is 0.481 e. The van der Waals surface area contributed by atoms with Crippen LogP contribution in [0.2, 0.25) is 0 Å². The summed E-state index contributed by atoms with van der Waals surface area (Å²) in [7, 11) is 0. The fourth-order valence-corrected chi connectivity index (χ4v) is 4.31. The van der Waals surface area contributed by atoms with Gasteiger partial charge in [0, 0.05) is 11.8 Å². The van der Waals surface area contributed by atoms with Crippen LogP contribution < -0.4 is 0 Å². The van der Waals surface area contributed by atoms with Gasteiger partial charge in [0.2, 0.25) is 0 Å². The van der Waals surface area contributed by atoms with Crippen molar-refractivity contribution in [3.63, 3.8) is 0 Å². The number of fused-ring (bicyclic) bond motifs is 2. The van der Waals surface area contributed by atoms with Gasteiger partial charge in [-0.15, -0.1) is 0 Å². The molecule has 0 radical (unpaired) electrons. The van der Waals surface area contributed by atoms with E-state index in [0.29, 0.717) is 6.42 Å². The van der Waals surface area contributed by atoms with Crippen molar-refractivity contribution in [1.82, 2.24) is 0 Å². The number of hydrogen-bond acceptors (Lipinski definition) is 2. The predicted octanol–water partition coefficient (Wildman–Crippen LogP) is 5.36. The minimum Gasteiger partial charge on any atom is -0.481 e. The summed E-state index contributed by atoms with van der Waals surface area (Å²) in [5.41, 5.74) is 0. The molecule has 2 rings (SSSR count). The molecule has 2 fully saturated rings. The molecule has 2 bridgehead atoms. The minimum atomic E-state index is -0.668. The van der Waals surface area contributed by atoms with Crippen LogP contribution in [0.4, 0.5) is 0 Å². The van der Waals surface area contributed by atoms with E-state index in [0.717, 1.165) is 25.7 Å². The van der Waals surface area contributed by atoms with Crippen molar-refractivity contribution in [3.05, 3.63) is 24.3 Å². The maximum Gasteiger partial charge on any atom is 0.307 e. The molecule has 136 valence electrons. The SMILES string of the molecule is CCC=CC[C@H](C(=O)O)C1[C@H]2CC[C@H](O2)[C@H]1C=CCCCCCC. The van der Waals surface area contributed by atoms with E-state index in [9.17, 15) is 9.90 Å². The van der Waals surface area contributed by atoms with Crippen molar-refractivity contribution >= 4 is 5.97 Å². The van der Waals surface area contributed by atoms with Crippen LogP contribution in [0.3, 0.4) is 0 Å². The predicted molar refractivity (Wildman–Crippen MR) is 97.9 cm³/mol. The average Bonchev–Trinajstić information content (AvgIpc) is 3.16. The first kappa shape index (κ1) is 19.2. The Hall–Kier alpha value is -1.09. The highest BCUT2D eigenvalue weighted by Gasteiger charge is 2.52. The van der Waals surface area contributed by atoms with Gasteiger partial charge in [-0.2, -0.15) is 0 Å². The van der Waals surface area contributed by atoms with Gasteiger partial charge in [0.15, 0.2) is 0 Å². The third-order valence-corrected chi connectivity index (χ3v) is 5.55. The van der Waals surface area contributed by atoms with E-state index in [-0.39, 0.29) is 30.0 Å². The average molecular weight is 335 g/mol. The van der Waals surface area contributed by atoms with Crippen molar-refractivity contribution < 1.29 is 14.6 Å². The van der Waals surface area contributed by atoms with Crippen LogP contribution in [0, 0.1) is 17.8 Å². The second-order valence-electron chi connectivity index (χ2n) is 7.28. The van der Waals surface area contributed by atoms with Crippen LogP contribution in [0.1, 0.15) is 71.6 Å². The number of ether oxygens (including phenoxy) is 1. The van der Waals surface area contributed by atoms with Crippen LogP contribution in [-0.2, 0) is 9.53 Å². The third kappa shape index (κ3) is 4.95. The van der Waals surface area contributed by atoms with Gasteiger partial charge in [-0.05, 0) is 38.5 Å². The highest BCUT2D eigenvalue weighted by Crippen LogP contribution is 2.48. The molecule has 0 amide bonds. The molecular weight excluding hydrogens is 300 g/mol. The number of hydrogen-bond donors (Lipinski definition) is 1. The van der Waals surface area contributed by atoms with Crippen LogP contribution in [0.5, 0.6) is 0 Å². The number of rotatable bonds is 11. The smallest absolute Gasteiger partial charge is 0.307 e. The lowest BCUT2D eigenvalue weighted by Gasteiger charge is -2.30. The maximum atomic E-state index is 11.8. The normalized spacial score (nSPS) is 30.6. The number of unbranched alkanes of at least 4 members (excludes halogenated alkanes) is 4. The Labute approximate surface area is 147 Å². The minimum absolute atomic E-state index is 0.134. The molecule has 2 heterocycles. The highest BCUT2D eigenvalue weighted by atomic mass is 16.5. The van der Waals surface area contributed by atoms with E-state index in [1.165, 1.54) is 25.7 Å². The fourth-order valence-electron chi connectivity index (χ4n) is 4.31. The monoisotopic (exact) mass is 334 g/mol. The number of aliphatic carboxylic acids is 1. The van der Waals surface area contributed by atoms with Gasteiger partial charge < -0.3 is 9.84 Å². The lowest BCUT2D eigenvalue weighted by Crippen LogP contribution is -2.36. The number of carboxylic acid groups (broad SMARTS) is 1. The molecule has 5 atom stereocenters. The molecular formula is C21H34O3. The zero-order chi connectivity index (χ0) is 17.4. The highest BCUT2D eigenvalue weighted by molar-refractivity contribution is 5.71. The quantitative estimate of drug-likeness (QED) is 0.408. The van der Waals surface area contributed by atoms with E-state index < -0.39 is 5.97 Å². The summed E-state index contributed by atoms with van der Waals surface area (Å²) < 4.78 is 6.09. The van der Waals surface area contributed by atoms with Gasteiger partial charge in [0.05, 0.1) is 18.1 Å². The Bertz CT molecular complexity index is 440. The molecule has 2 aliphatic rings. The summed E-state index contributed by atoms with van der Waals surface area (Å²) in [5, 5.41) is 9.73. The van der Waals surface area contributed by atoms with Crippen LogP contribution in [0.15, 0.2) is 24.3 Å². The molecule has 0 aliphatic carbocycles. The molecule has 0 spiro atoms. The molecule has 1 N–H and O–H groups in total. The van der Waals surface area contributed by atoms with Gasteiger partial charge in [-0.25, -0.2) is 0 Å². The van der Waals surface area contributed by atoms with E-state index in [1.54, 1.807) is 0 Å². The summed E-state index contributed by atoms with van der Waals surface area (Å²) in [5.74, 6) is -0.572. The van der Waals surface area contributed by atoms with Crippen LogP contribution in [0.25, 0.3) is 0 Å². The fraction of sp³-hybridized carbons (Fsp3) is 0.762. The summed E-state index contributed by atoms with van der Waals surface area (Å²) in [4.78, 5) is 11.8. The van der Waals surface area contributed by atoms with Crippen molar-refractivity contribution in [2.45, 2.75) is 83.8 Å². The van der Waals surface area contributed by atoms with Crippen molar-refractivity contribution in [3.8, 4) is 0 Å². The molecule has 0 saturated carbocycles. The molecule has 1 unspecified atom stereocenters. The molecule has 0 aromatic carbocycles. The van der Waals surface area contributed by atoms with E-state index >= 15 is 0 Å². The maximum absolute atomic E-state index is 11.8. The molecule has 2 saturated heterocycles. The van der Waals surface area contributed by atoms with Gasteiger partial charge in [0.25, 0.3) is 0 Å². The van der Waals surface area contributed by atoms with Crippen LogP contribution in [-0.4, -0.2) is 23.3 Å². The van der Waals surface area contributed by atoms with Crippen molar-refractivity contribution in [2.75, 3.05) is 0 Å². The number of carbonyl (C=O) groups is 1. The van der Waals surface area contributed by atoms with Gasteiger partial charge >= 0.3 is 5.97 Å². The lowest BCUT2D eigenvalue weighted by atomic mass is 9.71.